The first-order valence-electron chi connectivity index (χ1n) is 12.5. The van der Waals surface area contributed by atoms with Crippen LogP contribution in [0.5, 0.6) is 5.75 Å². The van der Waals surface area contributed by atoms with Crippen molar-refractivity contribution in [1.82, 2.24) is 15.4 Å². The lowest BCUT2D eigenvalue weighted by atomic mass is 9.95. The number of nitrogens with zero attached hydrogens (tertiary/aromatic N) is 2. The van der Waals surface area contributed by atoms with Crippen LogP contribution in [0.4, 0.5) is 0 Å². The van der Waals surface area contributed by atoms with Crippen LogP contribution >= 0.6 is 12.4 Å². The summed E-state index contributed by atoms with van der Waals surface area (Å²) in [4.78, 5) is 19.1. The maximum atomic E-state index is 13.6. The fourth-order valence-corrected chi connectivity index (χ4v) is 6.68. The van der Waals surface area contributed by atoms with E-state index in [1.807, 2.05) is 41.3 Å². The summed E-state index contributed by atoms with van der Waals surface area (Å²) in [7, 11) is -2.48. The number of hydrogen-bond donors (Lipinski definition) is 2. The van der Waals surface area contributed by atoms with Crippen LogP contribution in [0.25, 0.3) is 11.3 Å². The summed E-state index contributed by atoms with van der Waals surface area (Å²) in [6, 6.07) is 20.0. The van der Waals surface area contributed by atoms with Gasteiger partial charge in [-0.2, -0.15) is 0 Å². The van der Waals surface area contributed by atoms with E-state index in [1.165, 1.54) is 12.1 Å². The van der Waals surface area contributed by atoms with Crippen molar-refractivity contribution in [1.29, 1.82) is 0 Å². The average molecular weight is 576 g/mol. The van der Waals surface area contributed by atoms with Crippen molar-refractivity contribution in [3.8, 4) is 17.0 Å². The number of ether oxygens (including phenoxy) is 2. The highest BCUT2D eigenvalue weighted by atomic mass is 35.5. The Labute approximate surface area is 235 Å². The molecule has 2 heterocycles. The van der Waals surface area contributed by atoms with Crippen LogP contribution < -0.4 is 10.2 Å². The van der Waals surface area contributed by atoms with E-state index in [9.17, 15) is 18.4 Å². The molecule has 0 radical (unpaired) electrons. The van der Waals surface area contributed by atoms with E-state index in [2.05, 4.69) is 11.1 Å². The van der Waals surface area contributed by atoms with E-state index in [1.54, 1.807) is 30.9 Å². The first-order valence-corrected chi connectivity index (χ1v) is 14.0. The third kappa shape index (κ3) is 6.95. The van der Waals surface area contributed by atoms with E-state index in [4.69, 9.17) is 9.47 Å². The van der Waals surface area contributed by atoms with Gasteiger partial charge in [-0.1, -0.05) is 24.3 Å². The van der Waals surface area contributed by atoms with E-state index in [0.717, 1.165) is 16.8 Å². The number of rotatable bonds is 11. The number of carbonyl (C=O) groups is 1. The summed E-state index contributed by atoms with van der Waals surface area (Å²) >= 11 is 0. The predicted octanol–water partition coefficient (Wildman–Crippen LogP) is 3.55. The largest absolute Gasteiger partial charge is 0.493 e. The zero-order chi connectivity index (χ0) is 27.0. The molecule has 39 heavy (non-hydrogen) atoms. The van der Waals surface area contributed by atoms with Crippen molar-refractivity contribution < 1.29 is 27.9 Å². The molecule has 0 spiro atoms. The van der Waals surface area contributed by atoms with Gasteiger partial charge in [0.05, 0.1) is 23.8 Å². The van der Waals surface area contributed by atoms with Gasteiger partial charge in [0.2, 0.25) is 0 Å². The number of methoxy groups -OCH3 is 1. The standard InChI is InChI=1S/C28H33N3O6S.ClH/c1-36-20-18-31-16-13-28(14-17-31,27(32)30-33)38(34,35)25-10-8-24(9-11-25)37-19-12-22-5-4-6-23(21-22)26-7-2-3-15-29-26;/h2-11,15,21,33H,12-14,16-20H2,1H3,(H,30,32);1H. The van der Waals surface area contributed by atoms with Gasteiger partial charge in [0, 0.05) is 44.9 Å². The number of benzene rings is 2. The molecule has 0 saturated carbocycles. The second-order valence-electron chi connectivity index (χ2n) is 9.26. The molecule has 1 aliphatic heterocycles. The number of sulfone groups is 1. The Morgan fingerprint density at radius 1 is 1.05 bits per heavy atom. The fourth-order valence-electron chi connectivity index (χ4n) is 4.72. The summed E-state index contributed by atoms with van der Waals surface area (Å²) in [5.41, 5.74) is 4.62. The number of pyridine rings is 1. The van der Waals surface area contributed by atoms with Gasteiger partial charge in [-0.05, 0) is 60.9 Å². The highest BCUT2D eigenvalue weighted by molar-refractivity contribution is 7.93. The molecule has 2 N–H and O–H groups in total. The molecule has 2 aromatic carbocycles. The van der Waals surface area contributed by atoms with Crippen molar-refractivity contribution >= 4 is 28.2 Å². The SMILES string of the molecule is COCCN1CCC(C(=O)NO)(S(=O)(=O)c2ccc(OCCc3cccc(-c4ccccn4)c3)cc2)CC1.Cl. The fraction of sp³-hybridized carbons (Fsp3) is 0.357. The molecule has 1 aliphatic rings. The van der Waals surface area contributed by atoms with Gasteiger partial charge in [-0.25, -0.2) is 13.9 Å². The van der Waals surface area contributed by atoms with E-state index in [0.29, 0.717) is 45.0 Å². The molecular weight excluding hydrogens is 542 g/mol. The van der Waals surface area contributed by atoms with E-state index in [-0.39, 0.29) is 30.1 Å². The lowest BCUT2D eigenvalue weighted by Crippen LogP contribution is -2.57. The Hall–Kier alpha value is -3.02. The van der Waals surface area contributed by atoms with Crippen LogP contribution in [0.1, 0.15) is 18.4 Å². The maximum Gasteiger partial charge on any atom is 0.265 e. The number of piperidine rings is 1. The van der Waals surface area contributed by atoms with Crippen molar-refractivity contribution in [2.45, 2.75) is 28.9 Å². The summed E-state index contributed by atoms with van der Waals surface area (Å²) in [5, 5.41) is 9.37. The minimum Gasteiger partial charge on any atom is -0.493 e. The van der Waals surface area contributed by atoms with Gasteiger partial charge < -0.3 is 14.4 Å². The third-order valence-electron chi connectivity index (χ3n) is 6.99. The Kier molecular flexibility index (Phi) is 10.8. The summed E-state index contributed by atoms with van der Waals surface area (Å²) in [5.74, 6) is -0.378. The molecule has 9 nitrogen and oxygen atoms in total. The molecule has 210 valence electrons. The molecule has 1 fully saturated rings. The average Bonchev–Trinajstić information content (AvgIpc) is 2.96. The normalized spacial score (nSPS) is 15.2. The molecule has 1 aromatic heterocycles. The van der Waals surface area contributed by atoms with E-state index >= 15 is 0 Å². The van der Waals surface area contributed by atoms with Gasteiger partial charge in [0.1, 0.15) is 5.75 Å². The molecule has 3 aromatic rings. The highest BCUT2D eigenvalue weighted by Crippen LogP contribution is 2.36. The molecule has 0 unspecified atom stereocenters. The topological polar surface area (TPSA) is 118 Å². The summed E-state index contributed by atoms with van der Waals surface area (Å²) < 4.78 is 36.5. The second kappa shape index (κ2) is 13.9. The molecule has 0 atom stereocenters. The van der Waals surface area contributed by atoms with Crippen LogP contribution in [0.3, 0.4) is 0 Å². The number of nitrogens with one attached hydrogen (secondary N) is 1. The van der Waals surface area contributed by atoms with Crippen molar-refractivity contribution in [2.24, 2.45) is 0 Å². The molecular formula is C28H34ClN3O6S. The van der Waals surface area contributed by atoms with E-state index < -0.39 is 20.5 Å². The Morgan fingerprint density at radius 2 is 1.79 bits per heavy atom. The number of aromatic nitrogens is 1. The Bertz CT molecular complexity index is 1310. The van der Waals surface area contributed by atoms with Crippen LogP contribution in [0.2, 0.25) is 0 Å². The minimum absolute atomic E-state index is 0. The lowest BCUT2D eigenvalue weighted by molar-refractivity contribution is -0.133. The van der Waals surface area contributed by atoms with Crippen molar-refractivity contribution in [2.75, 3.05) is 40.0 Å². The number of likely N-dealkylation sites (tertiary alicyclic amines) is 1. The number of amides is 1. The molecule has 1 saturated heterocycles. The molecule has 11 heteroatoms. The first kappa shape index (κ1) is 30.5. The van der Waals surface area contributed by atoms with Crippen molar-refractivity contribution in [3.63, 3.8) is 0 Å². The first-order chi connectivity index (χ1) is 18.4. The molecule has 4 rings (SSSR count). The molecule has 0 aliphatic carbocycles. The minimum atomic E-state index is -4.08. The zero-order valence-corrected chi connectivity index (χ0v) is 23.4. The lowest BCUT2D eigenvalue weighted by Gasteiger charge is -2.39. The summed E-state index contributed by atoms with van der Waals surface area (Å²) in [6.45, 7) is 2.37. The van der Waals surface area contributed by atoms with Crippen LogP contribution in [-0.4, -0.2) is 74.1 Å². The van der Waals surface area contributed by atoms with Gasteiger partial charge in [-0.3, -0.25) is 15.0 Å². The van der Waals surface area contributed by atoms with Gasteiger partial charge in [0.25, 0.3) is 5.91 Å². The highest BCUT2D eigenvalue weighted by Gasteiger charge is 2.52. The predicted molar refractivity (Wildman–Crippen MR) is 150 cm³/mol. The number of carbonyl (C=O) groups excluding carboxylic acids is 1. The smallest absolute Gasteiger partial charge is 0.265 e. The second-order valence-corrected chi connectivity index (χ2v) is 11.5. The van der Waals surface area contributed by atoms with Crippen LogP contribution in [0.15, 0.2) is 77.8 Å². The zero-order valence-electron chi connectivity index (χ0n) is 21.8. The quantitative estimate of drug-likeness (QED) is 0.263. The third-order valence-corrected chi connectivity index (χ3v) is 9.50. The van der Waals surface area contributed by atoms with Crippen LogP contribution in [0, 0.1) is 0 Å². The van der Waals surface area contributed by atoms with Crippen molar-refractivity contribution in [3.05, 3.63) is 78.5 Å². The maximum absolute atomic E-state index is 13.6. The number of halogens is 1. The number of hydrogen-bond acceptors (Lipinski definition) is 8. The van der Waals surface area contributed by atoms with Gasteiger partial charge >= 0.3 is 0 Å². The summed E-state index contributed by atoms with van der Waals surface area (Å²) in [6.07, 6.45) is 2.57. The molecule has 0 bridgehead atoms. The number of hydroxylamine groups is 1. The van der Waals surface area contributed by atoms with Crippen LogP contribution in [-0.2, 0) is 25.8 Å². The van der Waals surface area contributed by atoms with Gasteiger partial charge in [0.15, 0.2) is 14.6 Å². The molecule has 1 amide bonds. The Morgan fingerprint density at radius 3 is 2.44 bits per heavy atom. The Balaban J connectivity index is 0.00000420. The van der Waals surface area contributed by atoms with Gasteiger partial charge in [-0.15, -0.1) is 12.4 Å². The monoisotopic (exact) mass is 575 g/mol.